The standard InChI is InChI=1S/C20H22ClNO4S/c1-13-10-17(14(2)22(13)11-15-4-3-9-25-15)18(23)12-26-20(24)8-6-16-5-7-19(21)27-16/h5-8,10,15H,3-4,9,11-12H2,1-2H3/b8-6+. The van der Waals surface area contributed by atoms with E-state index in [9.17, 15) is 9.59 Å². The molecule has 0 radical (unpaired) electrons. The van der Waals surface area contributed by atoms with Gasteiger partial charge in [-0.2, -0.15) is 0 Å². The van der Waals surface area contributed by atoms with Gasteiger partial charge in [0.1, 0.15) is 0 Å². The van der Waals surface area contributed by atoms with Gasteiger partial charge in [0, 0.05) is 41.1 Å². The number of hydrogen-bond acceptors (Lipinski definition) is 5. The first-order valence-electron chi connectivity index (χ1n) is 8.85. The summed E-state index contributed by atoms with van der Waals surface area (Å²) in [4.78, 5) is 25.2. The number of halogens is 1. The Balaban J connectivity index is 1.57. The van der Waals surface area contributed by atoms with Crippen molar-refractivity contribution in [1.82, 2.24) is 4.57 Å². The molecule has 0 bridgehead atoms. The Morgan fingerprint density at radius 3 is 2.89 bits per heavy atom. The molecule has 1 aliphatic rings. The predicted molar refractivity (Wildman–Crippen MR) is 107 cm³/mol. The molecule has 27 heavy (non-hydrogen) atoms. The lowest BCUT2D eigenvalue weighted by atomic mass is 10.1. The van der Waals surface area contributed by atoms with E-state index >= 15 is 0 Å². The first-order chi connectivity index (χ1) is 12.9. The molecule has 0 N–H and O–H groups in total. The van der Waals surface area contributed by atoms with E-state index in [0.717, 1.165) is 42.3 Å². The minimum Gasteiger partial charge on any atom is -0.454 e. The van der Waals surface area contributed by atoms with Crippen LogP contribution in [0.1, 0.15) is 39.5 Å². The van der Waals surface area contributed by atoms with Crippen molar-refractivity contribution in [2.45, 2.75) is 39.3 Å². The molecule has 3 heterocycles. The first-order valence-corrected chi connectivity index (χ1v) is 10.0. The molecule has 0 aliphatic carbocycles. The summed E-state index contributed by atoms with van der Waals surface area (Å²) in [6.07, 6.45) is 5.25. The maximum absolute atomic E-state index is 12.5. The molecule has 2 aromatic rings. The number of aryl methyl sites for hydroxylation is 1. The maximum Gasteiger partial charge on any atom is 0.331 e. The number of carbonyl (C=O) groups excluding carboxylic acids is 2. The van der Waals surface area contributed by atoms with Gasteiger partial charge in [-0.1, -0.05) is 11.6 Å². The average Bonchev–Trinajstić information content (AvgIpc) is 3.36. The van der Waals surface area contributed by atoms with Gasteiger partial charge in [-0.05, 0) is 51.0 Å². The molecule has 0 aromatic carbocycles. The number of carbonyl (C=O) groups is 2. The van der Waals surface area contributed by atoms with Crippen LogP contribution < -0.4 is 0 Å². The largest absolute Gasteiger partial charge is 0.454 e. The Morgan fingerprint density at radius 1 is 1.41 bits per heavy atom. The van der Waals surface area contributed by atoms with Crippen molar-refractivity contribution in [3.8, 4) is 0 Å². The second-order valence-electron chi connectivity index (χ2n) is 6.54. The Bertz CT molecular complexity index is 861. The van der Waals surface area contributed by atoms with Gasteiger partial charge in [-0.3, -0.25) is 4.79 Å². The van der Waals surface area contributed by atoms with Crippen LogP contribution in [0.15, 0.2) is 24.3 Å². The van der Waals surface area contributed by atoms with Gasteiger partial charge in [-0.25, -0.2) is 4.79 Å². The summed E-state index contributed by atoms with van der Waals surface area (Å²) >= 11 is 7.20. The second-order valence-corrected chi connectivity index (χ2v) is 8.28. The van der Waals surface area contributed by atoms with Gasteiger partial charge in [-0.15, -0.1) is 11.3 Å². The van der Waals surface area contributed by atoms with Gasteiger partial charge in [0.2, 0.25) is 5.78 Å². The quantitative estimate of drug-likeness (QED) is 0.387. The predicted octanol–water partition coefficient (Wildman–Crippen LogP) is 4.44. The highest BCUT2D eigenvalue weighted by Gasteiger charge is 2.21. The Kier molecular flexibility index (Phi) is 6.52. The molecule has 0 spiro atoms. The number of ketones is 1. The molecular weight excluding hydrogens is 386 g/mol. The van der Waals surface area contributed by atoms with E-state index in [-0.39, 0.29) is 18.5 Å². The van der Waals surface area contributed by atoms with E-state index in [4.69, 9.17) is 21.1 Å². The van der Waals surface area contributed by atoms with Crippen LogP contribution in [-0.4, -0.2) is 35.6 Å². The van der Waals surface area contributed by atoms with E-state index in [0.29, 0.717) is 9.90 Å². The molecule has 5 nitrogen and oxygen atoms in total. The first kappa shape index (κ1) is 19.9. The normalized spacial score (nSPS) is 16.9. The van der Waals surface area contributed by atoms with Crippen LogP contribution >= 0.6 is 22.9 Å². The molecule has 2 aromatic heterocycles. The molecule has 1 atom stereocenters. The fourth-order valence-electron chi connectivity index (χ4n) is 3.19. The second kappa shape index (κ2) is 8.87. The number of hydrogen-bond donors (Lipinski definition) is 0. The van der Waals surface area contributed by atoms with Crippen LogP contribution in [-0.2, 0) is 20.8 Å². The molecular formula is C20H22ClNO4S. The fraction of sp³-hybridized carbons (Fsp3) is 0.400. The van der Waals surface area contributed by atoms with Gasteiger partial charge >= 0.3 is 5.97 Å². The zero-order chi connectivity index (χ0) is 19.4. The minimum absolute atomic E-state index is 0.200. The number of esters is 1. The van der Waals surface area contributed by atoms with E-state index in [2.05, 4.69) is 4.57 Å². The molecule has 0 saturated carbocycles. The summed E-state index contributed by atoms with van der Waals surface area (Å²) in [5.41, 5.74) is 2.48. The summed E-state index contributed by atoms with van der Waals surface area (Å²) in [5, 5.41) is 0. The molecule has 1 aliphatic heterocycles. The van der Waals surface area contributed by atoms with Crippen LogP contribution in [0.3, 0.4) is 0 Å². The lowest BCUT2D eigenvalue weighted by Crippen LogP contribution is -2.18. The van der Waals surface area contributed by atoms with Gasteiger partial charge in [0.05, 0.1) is 10.4 Å². The topological polar surface area (TPSA) is 57.5 Å². The maximum atomic E-state index is 12.5. The van der Waals surface area contributed by atoms with Crippen molar-refractivity contribution in [3.05, 3.63) is 50.4 Å². The summed E-state index contributed by atoms with van der Waals surface area (Å²) in [7, 11) is 0. The number of Topliss-reactive ketones (excluding diaryl/α,β-unsaturated/α-hetero) is 1. The van der Waals surface area contributed by atoms with Crippen LogP contribution in [0.5, 0.6) is 0 Å². The van der Waals surface area contributed by atoms with Crippen molar-refractivity contribution < 1.29 is 19.1 Å². The molecule has 3 rings (SSSR count). The zero-order valence-electron chi connectivity index (χ0n) is 15.4. The van der Waals surface area contributed by atoms with E-state index in [1.807, 2.05) is 26.0 Å². The van der Waals surface area contributed by atoms with Crippen molar-refractivity contribution in [3.63, 3.8) is 0 Å². The molecule has 7 heteroatoms. The summed E-state index contributed by atoms with van der Waals surface area (Å²) in [6, 6.07) is 5.42. The van der Waals surface area contributed by atoms with E-state index < -0.39 is 5.97 Å². The fourth-order valence-corrected chi connectivity index (χ4v) is 4.15. The number of rotatable bonds is 7. The van der Waals surface area contributed by atoms with E-state index in [1.165, 1.54) is 17.4 Å². The van der Waals surface area contributed by atoms with Crippen LogP contribution in [0, 0.1) is 13.8 Å². The van der Waals surface area contributed by atoms with E-state index in [1.54, 1.807) is 12.1 Å². The minimum atomic E-state index is -0.555. The highest BCUT2D eigenvalue weighted by Crippen LogP contribution is 2.23. The number of thiophene rings is 1. The van der Waals surface area contributed by atoms with Gasteiger partial charge in [0.25, 0.3) is 0 Å². The van der Waals surface area contributed by atoms with Crippen molar-refractivity contribution in [2.24, 2.45) is 0 Å². The molecule has 144 valence electrons. The molecule has 0 amide bonds. The van der Waals surface area contributed by atoms with Gasteiger partial charge in [0.15, 0.2) is 6.61 Å². The molecule has 1 unspecified atom stereocenters. The third kappa shape index (κ3) is 5.09. The number of nitrogens with zero attached hydrogens (tertiary/aromatic N) is 1. The molecule has 1 fully saturated rings. The number of aromatic nitrogens is 1. The summed E-state index contributed by atoms with van der Waals surface area (Å²) in [6.45, 7) is 5.16. The zero-order valence-corrected chi connectivity index (χ0v) is 16.9. The third-order valence-corrected chi connectivity index (χ3v) is 5.80. The highest BCUT2D eigenvalue weighted by molar-refractivity contribution is 7.17. The van der Waals surface area contributed by atoms with Crippen LogP contribution in [0.2, 0.25) is 4.34 Å². The monoisotopic (exact) mass is 407 g/mol. The van der Waals surface area contributed by atoms with Crippen LogP contribution in [0.4, 0.5) is 0 Å². The Labute approximate surface area is 167 Å². The Hall–Kier alpha value is -1.89. The lowest BCUT2D eigenvalue weighted by Gasteiger charge is -2.14. The lowest BCUT2D eigenvalue weighted by molar-refractivity contribution is -0.136. The molecule has 1 saturated heterocycles. The van der Waals surface area contributed by atoms with Crippen molar-refractivity contribution >= 4 is 40.8 Å². The van der Waals surface area contributed by atoms with Crippen molar-refractivity contribution in [2.75, 3.05) is 13.2 Å². The van der Waals surface area contributed by atoms with Crippen molar-refractivity contribution in [1.29, 1.82) is 0 Å². The SMILES string of the molecule is Cc1cc(C(=O)COC(=O)/C=C/c2ccc(Cl)s2)c(C)n1CC1CCCO1. The summed E-state index contributed by atoms with van der Waals surface area (Å²) in [5.74, 6) is -0.761. The number of ether oxygens (including phenoxy) is 2. The highest BCUT2D eigenvalue weighted by atomic mass is 35.5. The third-order valence-electron chi connectivity index (χ3n) is 4.61. The Morgan fingerprint density at radius 2 is 2.22 bits per heavy atom. The smallest absolute Gasteiger partial charge is 0.331 e. The van der Waals surface area contributed by atoms with Crippen LogP contribution in [0.25, 0.3) is 6.08 Å². The summed E-state index contributed by atoms with van der Waals surface area (Å²) < 4.78 is 13.5. The average molecular weight is 408 g/mol. The van der Waals surface area contributed by atoms with Gasteiger partial charge < -0.3 is 14.0 Å².